The molecule has 0 aliphatic carbocycles. The minimum absolute atomic E-state index is 0.0420. The molecule has 4 nitrogen and oxygen atoms in total. The smallest absolute Gasteiger partial charge is 0.221 e. The number of nitrogens with one attached hydrogen (secondary N) is 1. The maximum atomic E-state index is 11.1. The molecular formula is C20H24N2O2. The van der Waals surface area contributed by atoms with Gasteiger partial charge in [0.15, 0.2) is 0 Å². The molecule has 0 spiro atoms. The van der Waals surface area contributed by atoms with Crippen LogP contribution in [-0.2, 0) is 22.5 Å². The molecule has 4 heteroatoms. The molecule has 0 saturated carbocycles. The summed E-state index contributed by atoms with van der Waals surface area (Å²) in [6, 6.07) is 18.6. The Balaban J connectivity index is 1.54. The second kappa shape index (κ2) is 8.08. The fraction of sp³-hybridized carbons (Fsp3) is 0.350. The average molecular weight is 324 g/mol. The second-order valence-corrected chi connectivity index (χ2v) is 6.30. The lowest BCUT2D eigenvalue weighted by Gasteiger charge is -2.33. The molecule has 1 N–H and O–H groups in total. The van der Waals surface area contributed by atoms with E-state index in [0.29, 0.717) is 0 Å². The maximum Gasteiger partial charge on any atom is 0.221 e. The van der Waals surface area contributed by atoms with Gasteiger partial charge in [-0.2, -0.15) is 0 Å². The van der Waals surface area contributed by atoms with Gasteiger partial charge in [0.1, 0.15) is 0 Å². The summed E-state index contributed by atoms with van der Waals surface area (Å²) in [5, 5.41) is 2.80. The van der Waals surface area contributed by atoms with E-state index in [9.17, 15) is 4.79 Å². The Morgan fingerprint density at radius 2 is 1.88 bits per heavy atom. The third-order valence-corrected chi connectivity index (χ3v) is 4.21. The quantitative estimate of drug-likeness (QED) is 0.919. The molecule has 24 heavy (non-hydrogen) atoms. The van der Waals surface area contributed by atoms with Gasteiger partial charge in [0.05, 0.1) is 12.7 Å². The first-order chi connectivity index (χ1) is 11.7. The van der Waals surface area contributed by atoms with Gasteiger partial charge in [-0.25, -0.2) is 0 Å². The molecule has 0 bridgehead atoms. The van der Waals surface area contributed by atoms with E-state index in [4.69, 9.17) is 4.74 Å². The molecule has 2 aromatic carbocycles. The van der Waals surface area contributed by atoms with Gasteiger partial charge in [-0.3, -0.25) is 9.69 Å². The molecule has 0 radical (unpaired) electrons. The Bertz CT molecular complexity index is 655. The number of benzene rings is 2. The van der Waals surface area contributed by atoms with E-state index in [1.54, 1.807) is 0 Å². The van der Waals surface area contributed by atoms with E-state index in [1.807, 2.05) is 18.2 Å². The summed E-state index contributed by atoms with van der Waals surface area (Å²) in [5.74, 6) is -0.0420. The van der Waals surface area contributed by atoms with Crippen molar-refractivity contribution in [1.29, 1.82) is 0 Å². The predicted octanol–water partition coefficient (Wildman–Crippen LogP) is 3.09. The van der Waals surface area contributed by atoms with Gasteiger partial charge in [0, 0.05) is 32.2 Å². The number of carbonyl (C=O) groups excluding carboxylic acids is 1. The Kier molecular flexibility index (Phi) is 5.62. The molecule has 1 amide bonds. The molecule has 0 aromatic heterocycles. The third kappa shape index (κ3) is 4.91. The highest BCUT2D eigenvalue weighted by atomic mass is 16.5. The fourth-order valence-corrected chi connectivity index (χ4v) is 3.08. The Morgan fingerprint density at radius 1 is 1.12 bits per heavy atom. The van der Waals surface area contributed by atoms with E-state index < -0.39 is 0 Å². The largest absolute Gasteiger partial charge is 0.375 e. The van der Waals surface area contributed by atoms with Crippen molar-refractivity contribution in [3.8, 4) is 0 Å². The lowest BCUT2D eigenvalue weighted by atomic mass is 10.1. The van der Waals surface area contributed by atoms with Gasteiger partial charge >= 0.3 is 0 Å². The first kappa shape index (κ1) is 16.7. The maximum absolute atomic E-state index is 11.1. The number of morpholine rings is 1. The van der Waals surface area contributed by atoms with Gasteiger partial charge in [-0.1, -0.05) is 42.5 Å². The van der Waals surface area contributed by atoms with Crippen LogP contribution in [0.4, 0.5) is 5.69 Å². The highest BCUT2D eigenvalue weighted by Gasteiger charge is 2.20. The van der Waals surface area contributed by atoms with Crippen LogP contribution in [0.25, 0.3) is 0 Å². The summed E-state index contributed by atoms with van der Waals surface area (Å²) in [7, 11) is 0. The highest BCUT2D eigenvalue weighted by molar-refractivity contribution is 5.88. The number of ether oxygens (including phenoxy) is 1. The Labute approximate surface area is 143 Å². The van der Waals surface area contributed by atoms with E-state index in [-0.39, 0.29) is 12.0 Å². The zero-order valence-electron chi connectivity index (χ0n) is 14.1. The third-order valence-electron chi connectivity index (χ3n) is 4.21. The van der Waals surface area contributed by atoms with Crippen LogP contribution in [0.5, 0.6) is 0 Å². The number of amides is 1. The van der Waals surface area contributed by atoms with Gasteiger partial charge in [0.2, 0.25) is 5.91 Å². The summed E-state index contributed by atoms with van der Waals surface area (Å²) >= 11 is 0. The van der Waals surface area contributed by atoms with Crippen LogP contribution in [0.15, 0.2) is 54.6 Å². The zero-order valence-corrected chi connectivity index (χ0v) is 14.1. The van der Waals surface area contributed by atoms with Crippen molar-refractivity contribution in [3.63, 3.8) is 0 Å². The number of carbonyl (C=O) groups is 1. The van der Waals surface area contributed by atoms with Crippen molar-refractivity contribution in [2.24, 2.45) is 0 Å². The van der Waals surface area contributed by atoms with Crippen LogP contribution in [0.2, 0.25) is 0 Å². The molecule has 1 saturated heterocycles. The summed E-state index contributed by atoms with van der Waals surface area (Å²) in [4.78, 5) is 13.5. The van der Waals surface area contributed by atoms with Gasteiger partial charge in [-0.15, -0.1) is 0 Å². The van der Waals surface area contributed by atoms with Crippen molar-refractivity contribution in [3.05, 3.63) is 65.7 Å². The van der Waals surface area contributed by atoms with Crippen LogP contribution in [0.3, 0.4) is 0 Å². The van der Waals surface area contributed by atoms with E-state index in [1.165, 1.54) is 18.1 Å². The summed E-state index contributed by atoms with van der Waals surface area (Å²) in [6.07, 6.45) is 1.21. The molecule has 1 fully saturated rings. The summed E-state index contributed by atoms with van der Waals surface area (Å²) < 4.78 is 5.92. The van der Waals surface area contributed by atoms with E-state index in [2.05, 4.69) is 46.6 Å². The minimum Gasteiger partial charge on any atom is -0.375 e. The molecule has 2 aromatic rings. The molecule has 126 valence electrons. The molecule has 3 rings (SSSR count). The number of hydrogen-bond donors (Lipinski definition) is 1. The summed E-state index contributed by atoms with van der Waals surface area (Å²) in [5.41, 5.74) is 3.42. The van der Waals surface area contributed by atoms with Gasteiger partial charge in [0.25, 0.3) is 0 Å². The van der Waals surface area contributed by atoms with Crippen molar-refractivity contribution >= 4 is 11.6 Å². The number of anilines is 1. The lowest BCUT2D eigenvalue weighted by Crippen LogP contribution is -2.42. The molecule has 1 aliphatic rings. The first-order valence-corrected chi connectivity index (χ1v) is 8.43. The minimum atomic E-state index is -0.0420. The fourth-order valence-electron chi connectivity index (χ4n) is 3.08. The van der Waals surface area contributed by atoms with Crippen LogP contribution >= 0.6 is 0 Å². The van der Waals surface area contributed by atoms with Crippen LogP contribution in [0, 0.1) is 0 Å². The van der Waals surface area contributed by atoms with Gasteiger partial charge < -0.3 is 10.1 Å². The van der Waals surface area contributed by atoms with Crippen LogP contribution in [-0.4, -0.2) is 36.6 Å². The topological polar surface area (TPSA) is 41.6 Å². The molecule has 1 aliphatic heterocycles. The molecular weight excluding hydrogens is 300 g/mol. The van der Waals surface area contributed by atoms with Crippen LogP contribution < -0.4 is 5.32 Å². The van der Waals surface area contributed by atoms with E-state index in [0.717, 1.165) is 38.3 Å². The molecule has 1 unspecified atom stereocenters. The van der Waals surface area contributed by atoms with Crippen molar-refractivity contribution in [2.45, 2.75) is 26.0 Å². The first-order valence-electron chi connectivity index (χ1n) is 8.43. The molecule has 1 heterocycles. The second-order valence-electron chi connectivity index (χ2n) is 6.30. The Hall–Kier alpha value is -2.17. The predicted molar refractivity (Wildman–Crippen MR) is 95.9 cm³/mol. The summed E-state index contributed by atoms with van der Waals surface area (Å²) in [6.45, 7) is 5.12. The van der Waals surface area contributed by atoms with Crippen molar-refractivity contribution < 1.29 is 9.53 Å². The van der Waals surface area contributed by atoms with Crippen molar-refractivity contribution in [2.75, 3.05) is 25.0 Å². The Morgan fingerprint density at radius 3 is 2.58 bits per heavy atom. The number of nitrogens with zero attached hydrogens (tertiary/aromatic N) is 1. The zero-order chi connectivity index (χ0) is 16.8. The average Bonchev–Trinajstić information content (AvgIpc) is 2.57. The van der Waals surface area contributed by atoms with Crippen LogP contribution in [0.1, 0.15) is 18.1 Å². The monoisotopic (exact) mass is 324 g/mol. The SMILES string of the molecule is CC(=O)Nc1ccc(CN2CCOC(Cc3ccccc3)C2)cc1. The van der Waals surface area contributed by atoms with E-state index >= 15 is 0 Å². The van der Waals surface area contributed by atoms with Crippen molar-refractivity contribution in [1.82, 2.24) is 4.90 Å². The number of hydrogen-bond acceptors (Lipinski definition) is 3. The normalized spacial score (nSPS) is 18.3. The highest BCUT2D eigenvalue weighted by Crippen LogP contribution is 2.16. The standard InChI is InChI=1S/C20H24N2O2/c1-16(23)21-19-9-7-18(8-10-19)14-22-11-12-24-20(15-22)13-17-5-3-2-4-6-17/h2-10,20H,11-15H2,1H3,(H,21,23). The molecule has 1 atom stereocenters. The van der Waals surface area contributed by atoms with Gasteiger partial charge in [-0.05, 0) is 29.7 Å². The lowest BCUT2D eigenvalue weighted by molar-refractivity contribution is -0.114. The number of rotatable bonds is 5.